The highest BCUT2D eigenvalue weighted by Crippen LogP contribution is 2.30. The average Bonchev–Trinajstić information content (AvgIpc) is 2.89. The standard InChI is InChI=1S/C20H26N2O4/c1-4-26-20(25)15-6-5-7-21(12-15)17-11-18(23)22(19(17)24)16-9-13(2)8-14(3)10-16/h8-10,15,17H,4-7,11-12H2,1-3H3/t15-,17+/m0/s1. The summed E-state index contributed by atoms with van der Waals surface area (Å²) in [6, 6.07) is 5.26. The van der Waals surface area contributed by atoms with Gasteiger partial charge in [0.2, 0.25) is 5.91 Å². The molecule has 0 spiro atoms. The molecule has 2 fully saturated rings. The Morgan fingerprint density at radius 2 is 1.88 bits per heavy atom. The minimum atomic E-state index is -0.486. The number of esters is 1. The molecule has 2 saturated heterocycles. The molecule has 1 aromatic carbocycles. The van der Waals surface area contributed by atoms with Crippen LogP contribution in [0.2, 0.25) is 0 Å². The van der Waals surface area contributed by atoms with E-state index in [-0.39, 0.29) is 30.1 Å². The van der Waals surface area contributed by atoms with Crippen LogP contribution < -0.4 is 4.90 Å². The van der Waals surface area contributed by atoms with Crippen molar-refractivity contribution in [1.82, 2.24) is 4.90 Å². The lowest BCUT2D eigenvalue weighted by Crippen LogP contribution is -2.48. The second-order valence-electron chi connectivity index (χ2n) is 7.22. The molecule has 2 heterocycles. The Bertz CT molecular complexity index is 710. The first-order valence-electron chi connectivity index (χ1n) is 9.26. The Kier molecular flexibility index (Phi) is 5.41. The second-order valence-corrected chi connectivity index (χ2v) is 7.22. The summed E-state index contributed by atoms with van der Waals surface area (Å²) in [7, 11) is 0. The molecule has 0 aromatic heterocycles. The number of rotatable bonds is 4. The molecule has 0 N–H and O–H groups in total. The molecule has 2 amide bonds. The molecule has 6 heteroatoms. The van der Waals surface area contributed by atoms with Gasteiger partial charge in [-0.2, -0.15) is 0 Å². The smallest absolute Gasteiger partial charge is 0.310 e. The van der Waals surface area contributed by atoms with Gasteiger partial charge in [0.05, 0.1) is 30.7 Å². The maximum Gasteiger partial charge on any atom is 0.310 e. The van der Waals surface area contributed by atoms with Crippen LogP contribution in [-0.2, 0) is 19.1 Å². The van der Waals surface area contributed by atoms with Gasteiger partial charge in [-0.3, -0.25) is 19.3 Å². The van der Waals surface area contributed by atoms with Gasteiger partial charge in [-0.25, -0.2) is 4.90 Å². The van der Waals surface area contributed by atoms with E-state index in [0.717, 1.165) is 30.5 Å². The summed E-state index contributed by atoms with van der Waals surface area (Å²) >= 11 is 0. The number of benzene rings is 1. The van der Waals surface area contributed by atoms with E-state index in [2.05, 4.69) is 0 Å². The Balaban J connectivity index is 1.77. The molecule has 140 valence electrons. The van der Waals surface area contributed by atoms with Crippen LogP contribution in [0.1, 0.15) is 37.3 Å². The molecule has 6 nitrogen and oxygen atoms in total. The maximum absolute atomic E-state index is 13.0. The summed E-state index contributed by atoms with van der Waals surface area (Å²) in [5.41, 5.74) is 2.67. The zero-order valence-electron chi connectivity index (χ0n) is 15.7. The topological polar surface area (TPSA) is 66.9 Å². The first-order valence-corrected chi connectivity index (χ1v) is 9.26. The quantitative estimate of drug-likeness (QED) is 0.610. The number of hydrogen-bond donors (Lipinski definition) is 0. The predicted octanol–water partition coefficient (Wildman–Crippen LogP) is 2.21. The van der Waals surface area contributed by atoms with E-state index in [1.54, 1.807) is 6.92 Å². The van der Waals surface area contributed by atoms with E-state index in [0.29, 0.717) is 18.8 Å². The number of anilines is 1. The Labute approximate surface area is 154 Å². The molecule has 26 heavy (non-hydrogen) atoms. The van der Waals surface area contributed by atoms with Crippen molar-refractivity contribution in [2.24, 2.45) is 5.92 Å². The summed E-state index contributed by atoms with van der Waals surface area (Å²) in [4.78, 5) is 40.9. The Hall–Kier alpha value is -2.21. The SMILES string of the molecule is CCOC(=O)[C@H]1CCCN([C@@H]2CC(=O)N(c3cc(C)cc(C)c3)C2=O)C1. The number of amides is 2. The van der Waals surface area contributed by atoms with Crippen LogP contribution in [0, 0.1) is 19.8 Å². The first kappa shape index (κ1) is 18.6. The molecular weight excluding hydrogens is 332 g/mol. The predicted molar refractivity (Wildman–Crippen MR) is 97.7 cm³/mol. The summed E-state index contributed by atoms with van der Waals surface area (Å²) in [6.45, 7) is 7.25. The molecule has 2 atom stereocenters. The van der Waals surface area contributed by atoms with Gasteiger partial charge in [0, 0.05) is 6.54 Å². The van der Waals surface area contributed by atoms with Crippen LogP contribution >= 0.6 is 0 Å². The summed E-state index contributed by atoms with van der Waals surface area (Å²) in [5.74, 6) is -0.797. The molecule has 0 aliphatic carbocycles. The third-order valence-electron chi connectivity index (χ3n) is 5.10. The van der Waals surface area contributed by atoms with Gasteiger partial charge in [0.25, 0.3) is 5.91 Å². The van der Waals surface area contributed by atoms with E-state index in [4.69, 9.17) is 4.74 Å². The van der Waals surface area contributed by atoms with Gasteiger partial charge in [0.1, 0.15) is 0 Å². The number of carbonyl (C=O) groups is 3. The number of aryl methyl sites for hydroxylation is 2. The molecule has 0 bridgehead atoms. The normalized spacial score (nSPS) is 24.2. The van der Waals surface area contributed by atoms with Crippen LogP contribution in [0.3, 0.4) is 0 Å². The van der Waals surface area contributed by atoms with E-state index >= 15 is 0 Å². The summed E-state index contributed by atoms with van der Waals surface area (Å²) in [6.07, 6.45) is 1.76. The van der Waals surface area contributed by atoms with Crippen molar-refractivity contribution in [2.75, 3.05) is 24.6 Å². The third kappa shape index (κ3) is 3.65. The fourth-order valence-electron chi connectivity index (χ4n) is 3.99. The van der Waals surface area contributed by atoms with Crippen LogP contribution in [0.15, 0.2) is 18.2 Å². The van der Waals surface area contributed by atoms with Crippen molar-refractivity contribution in [1.29, 1.82) is 0 Å². The lowest BCUT2D eigenvalue weighted by molar-refractivity contribution is -0.150. The maximum atomic E-state index is 13.0. The fraction of sp³-hybridized carbons (Fsp3) is 0.550. The lowest BCUT2D eigenvalue weighted by atomic mass is 9.96. The van der Waals surface area contributed by atoms with E-state index < -0.39 is 6.04 Å². The highest BCUT2D eigenvalue weighted by molar-refractivity contribution is 6.22. The van der Waals surface area contributed by atoms with Gasteiger partial charge in [0.15, 0.2) is 0 Å². The zero-order chi connectivity index (χ0) is 18.8. The molecule has 2 aliphatic rings. The molecular formula is C20H26N2O4. The van der Waals surface area contributed by atoms with Crippen molar-refractivity contribution in [2.45, 2.75) is 46.1 Å². The average molecular weight is 358 g/mol. The fourth-order valence-corrected chi connectivity index (χ4v) is 3.99. The summed E-state index contributed by atoms with van der Waals surface area (Å²) < 4.78 is 5.13. The van der Waals surface area contributed by atoms with Gasteiger partial charge in [-0.1, -0.05) is 6.07 Å². The highest BCUT2D eigenvalue weighted by atomic mass is 16.5. The Morgan fingerprint density at radius 1 is 1.19 bits per heavy atom. The van der Waals surface area contributed by atoms with Crippen LogP contribution in [-0.4, -0.2) is 48.4 Å². The molecule has 2 aliphatic heterocycles. The lowest BCUT2D eigenvalue weighted by Gasteiger charge is -2.34. The second kappa shape index (κ2) is 7.58. The van der Waals surface area contributed by atoms with Crippen molar-refractivity contribution < 1.29 is 19.1 Å². The molecule has 0 radical (unpaired) electrons. The van der Waals surface area contributed by atoms with E-state index in [9.17, 15) is 14.4 Å². The minimum absolute atomic E-state index is 0.168. The van der Waals surface area contributed by atoms with Gasteiger partial charge >= 0.3 is 5.97 Å². The number of imide groups is 1. The zero-order valence-corrected chi connectivity index (χ0v) is 15.7. The number of nitrogens with zero attached hydrogens (tertiary/aromatic N) is 2. The first-order chi connectivity index (χ1) is 12.4. The van der Waals surface area contributed by atoms with E-state index in [1.165, 1.54) is 4.90 Å². The molecule has 0 saturated carbocycles. The molecule has 3 rings (SSSR count). The van der Waals surface area contributed by atoms with Crippen molar-refractivity contribution in [3.05, 3.63) is 29.3 Å². The van der Waals surface area contributed by atoms with E-state index in [1.807, 2.05) is 36.9 Å². The molecule has 0 unspecified atom stereocenters. The summed E-state index contributed by atoms with van der Waals surface area (Å²) in [5, 5.41) is 0. The highest BCUT2D eigenvalue weighted by Gasteiger charge is 2.44. The number of piperidine rings is 1. The van der Waals surface area contributed by atoms with Gasteiger partial charge in [-0.05, 0) is 63.4 Å². The van der Waals surface area contributed by atoms with Crippen molar-refractivity contribution in [3.63, 3.8) is 0 Å². The number of ether oxygens (including phenoxy) is 1. The number of likely N-dealkylation sites (tertiary alicyclic amines) is 1. The van der Waals surface area contributed by atoms with Gasteiger partial charge in [-0.15, -0.1) is 0 Å². The van der Waals surface area contributed by atoms with Crippen LogP contribution in [0.5, 0.6) is 0 Å². The largest absolute Gasteiger partial charge is 0.466 e. The van der Waals surface area contributed by atoms with Crippen LogP contribution in [0.4, 0.5) is 5.69 Å². The van der Waals surface area contributed by atoms with Crippen molar-refractivity contribution >= 4 is 23.5 Å². The minimum Gasteiger partial charge on any atom is -0.466 e. The monoisotopic (exact) mass is 358 g/mol. The van der Waals surface area contributed by atoms with Crippen LogP contribution in [0.25, 0.3) is 0 Å². The van der Waals surface area contributed by atoms with Crippen molar-refractivity contribution in [3.8, 4) is 0 Å². The Morgan fingerprint density at radius 3 is 2.54 bits per heavy atom. The molecule has 1 aromatic rings. The third-order valence-corrected chi connectivity index (χ3v) is 5.10. The number of hydrogen-bond acceptors (Lipinski definition) is 5. The van der Waals surface area contributed by atoms with Gasteiger partial charge < -0.3 is 4.74 Å². The number of carbonyl (C=O) groups excluding carboxylic acids is 3.